The fourth-order valence-electron chi connectivity index (χ4n) is 2.34. The molecule has 6 N–H and O–H groups in total. The van der Waals surface area contributed by atoms with Gasteiger partial charge >= 0.3 is 0 Å². The molecule has 0 aliphatic carbocycles. The summed E-state index contributed by atoms with van der Waals surface area (Å²) >= 11 is 0. The van der Waals surface area contributed by atoms with E-state index in [0.29, 0.717) is 12.6 Å². The number of rotatable bonds is 1. The summed E-state index contributed by atoms with van der Waals surface area (Å²) < 4.78 is 5.45. The second-order valence-electron chi connectivity index (χ2n) is 4.46. The molecule has 2 heterocycles. The first-order valence-corrected chi connectivity index (χ1v) is 5.44. The maximum atomic E-state index is 5.96. The third-order valence-electron chi connectivity index (χ3n) is 3.24. The van der Waals surface area contributed by atoms with E-state index in [1.54, 1.807) is 6.20 Å². The summed E-state index contributed by atoms with van der Waals surface area (Å²) in [6.45, 7) is 3.16. The normalized spacial score (nSPS) is 41.2. The fraction of sp³-hybridized carbons (Fsp3) is 0.800. The van der Waals surface area contributed by atoms with Crippen molar-refractivity contribution in [3.05, 3.63) is 11.8 Å². The van der Waals surface area contributed by atoms with Gasteiger partial charge in [-0.3, -0.25) is 4.90 Å². The summed E-state index contributed by atoms with van der Waals surface area (Å²) in [6.07, 6.45) is 2.62. The minimum atomic E-state index is 0.0770. The molecule has 2 fully saturated rings. The Morgan fingerprint density at radius 3 is 2.73 bits per heavy atom. The lowest BCUT2D eigenvalue weighted by molar-refractivity contribution is 0.0158. The Bertz CT molecular complexity index is 256. The molecule has 0 saturated carbocycles. The average Bonchev–Trinajstić information content (AvgIpc) is 2.60. The van der Waals surface area contributed by atoms with E-state index in [1.165, 1.54) is 0 Å². The molecular weight excluding hydrogens is 192 g/mol. The van der Waals surface area contributed by atoms with E-state index in [1.807, 2.05) is 0 Å². The molecule has 0 bridgehead atoms. The number of nitrogens with two attached hydrogens (primary N) is 3. The Balaban J connectivity index is 1.95. The molecule has 2 aliphatic rings. The van der Waals surface area contributed by atoms with Gasteiger partial charge in [0.2, 0.25) is 0 Å². The molecule has 5 nitrogen and oxygen atoms in total. The Hall–Kier alpha value is -0.620. The SMILES string of the molecule is N/C=C1/CN(C2COC[C@@H](N)C2)CC1N. The van der Waals surface area contributed by atoms with Crippen molar-refractivity contribution in [3.8, 4) is 0 Å². The van der Waals surface area contributed by atoms with Gasteiger partial charge in [0.15, 0.2) is 0 Å². The van der Waals surface area contributed by atoms with Crippen molar-refractivity contribution in [2.24, 2.45) is 17.2 Å². The van der Waals surface area contributed by atoms with E-state index in [0.717, 1.165) is 31.7 Å². The number of hydrogen-bond acceptors (Lipinski definition) is 5. The minimum Gasteiger partial charge on any atom is -0.405 e. The number of hydrogen-bond donors (Lipinski definition) is 3. The van der Waals surface area contributed by atoms with Crippen LogP contribution in [0.4, 0.5) is 0 Å². The molecule has 0 aromatic carbocycles. The van der Waals surface area contributed by atoms with Gasteiger partial charge in [0.1, 0.15) is 0 Å². The van der Waals surface area contributed by atoms with E-state index in [-0.39, 0.29) is 12.1 Å². The zero-order valence-corrected chi connectivity index (χ0v) is 8.93. The monoisotopic (exact) mass is 212 g/mol. The Labute approximate surface area is 90.2 Å². The van der Waals surface area contributed by atoms with Crippen molar-refractivity contribution >= 4 is 0 Å². The van der Waals surface area contributed by atoms with Gasteiger partial charge in [0.05, 0.1) is 13.2 Å². The molecule has 0 amide bonds. The van der Waals surface area contributed by atoms with Gasteiger partial charge in [-0.05, 0) is 18.2 Å². The van der Waals surface area contributed by atoms with Crippen LogP contribution in [0.1, 0.15) is 6.42 Å². The van der Waals surface area contributed by atoms with Crippen molar-refractivity contribution in [2.45, 2.75) is 24.5 Å². The lowest BCUT2D eigenvalue weighted by Gasteiger charge is -2.33. The van der Waals surface area contributed by atoms with Crippen LogP contribution < -0.4 is 17.2 Å². The van der Waals surface area contributed by atoms with Crippen LogP contribution in [-0.4, -0.2) is 49.3 Å². The average molecular weight is 212 g/mol. The first-order valence-electron chi connectivity index (χ1n) is 5.44. The van der Waals surface area contributed by atoms with Gasteiger partial charge < -0.3 is 21.9 Å². The maximum Gasteiger partial charge on any atom is 0.0623 e. The third kappa shape index (κ3) is 2.31. The summed E-state index contributed by atoms with van der Waals surface area (Å²) in [5, 5.41) is 0. The lowest BCUT2D eigenvalue weighted by Crippen LogP contribution is -2.47. The first kappa shape index (κ1) is 10.9. The molecular formula is C10H20N4O. The Kier molecular flexibility index (Phi) is 3.25. The summed E-state index contributed by atoms with van der Waals surface area (Å²) in [5.41, 5.74) is 18.5. The van der Waals surface area contributed by atoms with Crippen LogP contribution in [0.2, 0.25) is 0 Å². The lowest BCUT2D eigenvalue weighted by atomic mass is 10.1. The molecule has 2 unspecified atom stereocenters. The molecule has 2 rings (SSSR count). The first-order chi connectivity index (χ1) is 7.20. The molecule has 86 valence electrons. The quantitative estimate of drug-likeness (QED) is 0.497. The van der Waals surface area contributed by atoms with E-state index < -0.39 is 0 Å². The highest BCUT2D eigenvalue weighted by Gasteiger charge is 2.32. The van der Waals surface area contributed by atoms with Crippen LogP contribution in [-0.2, 0) is 4.74 Å². The number of nitrogens with zero attached hydrogens (tertiary/aromatic N) is 1. The standard InChI is InChI=1S/C10H20N4O/c11-2-7-3-14(4-10(7)13)9-1-8(12)5-15-6-9/h2,8-10H,1,3-6,11-13H2/b7-2-/t8-,9?,10?/m0/s1. The highest BCUT2D eigenvalue weighted by atomic mass is 16.5. The van der Waals surface area contributed by atoms with Gasteiger partial charge in [0, 0.05) is 31.2 Å². The molecule has 0 aromatic heterocycles. The van der Waals surface area contributed by atoms with Crippen LogP contribution in [0.25, 0.3) is 0 Å². The summed E-state index contributed by atoms with van der Waals surface area (Å²) in [4.78, 5) is 2.32. The second-order valence-corrected chi connectivity index (χ2v) is 4.46. The van der Waals surface area contributed by atoms with Crippen LogP contribution >= 0.6 is 0 Å². The van der Waals surface area contributed by atoms with Crippen molar-refractivity contribution < 1.29 is 4.74 Å². The van der Waals surface area contributed by atoms with Crippen molar-refractivity contribution in [2.75, 3.05) is 26.3 Å². The van der Waals surface area contributed by atoms with E-state index in [9.17, 15) is 0 Å². The highest BCUT2D eigenvalue weighted by molar-refractivity contribution is 5.17. The summed E-state index contributed by atoms with van der Waals surface area (Å²) in [7, 11) is 0. The van der Waals surface area contributed by atoms with Crippen LogP contribution in [0.5, 0.6) is 0 Å². The summed E-state index contributed by atoms with van der Waals surface area (Å²) in [6, 6.07) is 0.635. The zero-order chi connectivity index (χ0) is 10.8. The van der Waals surface area contributed by atoms with Crippen molar-refractivity contribution in [1.29, 1.82) is 0 Å². The topological polar surface area (TPSA) is 90.5 Å². The smallest absolute Gasteiger partial charge is 0.0623 e. The molecule has 3 atom stereocenters. The predicted octanol–water partition coefficient (Wildman–Crippen LogP) is -1.41. The minimum absolute atomic E-state index is 0.0770. The predicted molar refractivity (Wildman–Crippen MR) is 59.0 cm³/mol. The Morgan fingerprint density at radius 2 is 2.13 bits per heavy atom. The molecule has 2 aliphatic heterocycles. The Morgan fingerprint density at radius 1 is 1.33 bits per heavy atom. The number of likely N-dealkylation sites (tertiary alicyclic amines) is 1. The largest absolute Gasteiger partial charge is 0.405 e. The number of ether oxygens (including phenoxy) is 1. The molecule has 2 saturated heterocycles. The second kappa shape index (κ2) is 4.49. The van der Waals surface area contributed by atoms with Crippen molar-refractivity contribution in [1.82, 2.24) is 4.90 Å². The van der Waals surface area contributed by atoms with E-state index in [2.05, 4.69) is 4.90 Å². The zero-order valence-electron chi connectivity index (χ0n) is 8.93. The van der Waals surface area contributed by atoms with Gasteiger partial charge in [-0.15, -0.1) is 0 Å². The molecule has 15 heavy (non-hydrogen) atoms. The van der Waals surface area contributed by atoms with Crippen LogP contribution in [0.15, 0.2) is 11.8 Å². The molecule has 0 radical (unpaired) electrons. The molecule has 5 heteroatoms. The van der Waals surface area contributed by atoms with Gasteiger partial charge in [0.25, 0.3) is 0 Å². The summed E-state index contributed by atoms with van der Waals surface area (Å²) in [5.74, 6) is 0. The molecule has 0 spiro atoms. The van der Waals surface area contributed by atoms with Crippen LogP contribution in [0.3, 0.4) is 0 Å². The van der Waals surface area contributed by atoms with Gasteiger partial charge in [-0.1, -0.05) is 0 Å². The molecule has 0 aromatic rings. The van der Waals surface area contributed by atoms with Crippen molar-refractivity contribution in [3.63, 3.8) is 0 Å². The van der Waals surface area contributed by atoms with Crippen LogP contribution in [0, 0.1) is 0 Å². The third-order valence-corrected chi connectivity index (χ3v) is 3.24. The van der Waals surface area contributed by atoms with Gasteiger partial charge in [-0.25, -0.2) is 0 Å². The van der Waals surface area contributed by atoms with Gasteiger partial charge in [-0.2, -0.15) is 0 Å². The highest BCUT2D eigenvalue weighted by Crippen LogP contribution is 2.20. The van der Waals surface area contributed by atoms with E-state index in [4.69, 9.17) is 21.9 Å². The maximum absolute atomic E-state index is 5.96. The fourth-order valence-corrected chi connectivity index (χ4v) is 2.34. The van der Waals surface area contributed by atoms with E-state index >= 15 is 0 Å².